The van der Waals surface area contributed by atoms with Crippen molar-refractivity contribution in [3.8, 4) is 11.5 Å². The van der Waals surface area contributed by atoms with Crippen molar-refractivity contribution >= 4 is 6.03 Å². The summed E-state index contributed by atoms with van der Waals surface area (Å²) in [7, 11) is 0. The third kappa shape index (κ3) is 3.77. The monoisotopic (exact) mass is 352 g/mol. The van der Waals surface area contributed by atoms with E-state index in [9.17, 15) is 4.79 Å². The molecule has 1 aliphatic heterocycles. The van der Waals surface area contributed by atoms with Gasteiger partial charge in [0.2, 0.25) is 0 Å². The van der Waals surface area contributed by atoms with Gasteiger partial charge in [-0.2, -0.15) is 0 Å². The smallest absolute Gasteiger partial charge is 0.315 e. The lowest BCUT2D eigenvalue weighted by Crippen LogP contribution is -2.42. The second kappa shape index (κ2) is 7.28. The van der Waals surface area contributed by atoms with Crippen molar-refractivity contribution < 1.29 is 14.3 Å². The molecule has 136 valence electrons. The first-order valence-corrected chi connectivity index (χ1v) is 9.25. The van der Waals surface area contributed by atoms with Crippen molar-refractivity contribution in [2.45, 2.75) is 31.2 Å². The first kappa shape index (κ1) is 16.8. The summed E-state index contributed by atoms with van der Waals surface area (Å²) in [6.07, 6.45) is 3.79. The van der Waals surface area contributed by atoms with Gasteiger partial charge in [-0.15, -0.1) is 0 Å². The lowest BCUT2D eigenvalue weighted by molar-refractivity contribution is 0.171. The Morgan fingerprint density at radius 3 is 2.54 bits per heavy atom. The molecule has 2 N–H and O–H groups in total. The molecule has 0 radical (unpaired) electrons. The van der Waals surface area contributed by atoms with Gasteiger partial charge in [-0.3, -0.25) is 0 Å². The minimum absolute atomic E-state index is 0.106. The SMILES string of the molecule is O=C(NCCCc1ccccc1)NC1(c2ccc3c(c2)OCCO3)CC1. The predicted octanol–water partition coefficient (Wildman–Crippen LogP) is 3.38. The van der Waals surface area contributed by atoms with Gasteiger partial charge >= 0.3 is 6.03 Å². The fraction of sp³-hybridized carbons (Fsp3) is 0.381. The van der Waals surface area contributed by atoms with E-state index in [-0.39, 0.29) is 11.6 Å². The van der Waals surface area contributed by atoms with Gasteiger partial charge in [0, 0.05) is 6.54 Å². The van der Waals surface area contributed by atoms with E-state index in [0.29, 0.717) is 19.8 Å². The molecule has 1 aliphatic carbocycles. The number of fused-ring (bicyclic) bond motifs is 1. The average molecular weight is 352 g/mol. The van der Waals surface area contributed by atoms with Crippen LogP contribution in [0, 0.1) is 0 Å². The maximum absolute atomic E-state index is 12.3. The Hall–Kier alpha value is -2.69. The number of hydrogen-bond donors (Lipinski definition) is 2. The van der Waals surface area contributed by atoms with Gasteiger partial charge in [0.05, 0.1) is 5.54 Å². The Labute approximate surface area is 153 Å². The van der Waals surface area contributed by atoms with Crippen LogP contribution in [0.1, 0.15) is 30.4 Å². The molecule has 1 fully saturated rings. The van der Waals surface area contributed by atoms with Crippen molar-refractivity contribution in [1.29, 1.82) is 0 Å². The van der Waals surface area contributed by atoms with Gasteiger partial charge in [0.25, 0.3) is 0 Å². The molecule has 5 nitrogen and oxygen atoms in total. The topological polar surface area (TPSA) is 59.6 Å². The molecular weight excluding hydrogens is 328 g/mol. The molecule has 0 aromatic heterocycles. The zero-order valence-corrected chi connectivity index (χ0v) is 14.8. The molecule has 0 bridgehead atoms. The summed E-state index contributed by atoms with van der Waals surface area (Å²) in [4.78, 5) is 12.3. The lowest BCUT2D eigenvalue weighted by Gasteiger charge is -2.23. The van der Waals surface area contributed by atoms with Gasteiger partial charge in [-0.25, -0.2) is 4.79 Å². The van der Waals surface area contributed by atoms with E-state index in [0.717, 1.165) is 42.7 Å². The highest BCUT2D eigenvalue weighted by atomic mass is 16.6. The summed E-state index contributed by atoms with van der Waals surface area (Å²) < 4.78 is 11.2. The van der Waals surface area contributed by atoms with Crippen LogP contribution in [0.25, 0.3) is 0 Å². The predicted molar refractivity (Wildman–Crippen MR) is 99.6 cm³/mol. The van der Waals surface area contributed by atoms with Crippen molar-refractivity contribution in [2.24, 2.45) is 0 Å². The van der Waals surface area contributed by atoms with Gasteiger partial charge < -0.3 is 20.1 Å². The summed E-state index contributed by atoms with van der Waals surface area (Å²) in [5, 5.41) is 6.12. The van der Waals surface area contributed by atoms with E-state index in [4.69, 9.17) is 9.47 Å². The van der Waals surface area contributed by atoms with E-state index >= 15 is 0 Å². The van der Waals surface area contributed by atoms with Gasteiger partial charge in [-0.1, -0.05) is 36.4 Å². The number of carbonyl (C=O) groups excluding carboxylic acids is 1. The molecule has 2 aromatic rings. The normalized spacial score (nSPS) is 16.6. The van der Waals surface area contributed by atoms with Crippen molar-refractivity contribution in [2.75, 3.05) is 19.8 Å². The second-order valence-corrected chi connectivity index (χ2v) is 6.91. The number of ether oxygens (including phenoxy) is 2. The van der Waals surface area contributed by atoms with Gasteiger partial charge in [-0.05, 0) is 48.9 Å². The summed E-state index contributed by atoms with van der Waals surface area (Å²) in [5.74, 6) is 1.55. The van der Waals surface area contributed by atoms with Crippen molar-refractivity contribution in [3.63, 3.8) is 0 Å². The molecule has 0 spiro atoms. The highest BCUT2D eigenvalue weighted by Crippen LogP contribution is 2.47. The number of hydrogen-bond acceptors (Lipinski definition) is 3. The molecule has 1 heterocycles. The standard InChI is InChI=1S/C21H24N2O3/c24-20(22-12-4-7-16-5-2-1-3-6-16)23-21(10-11-21)17-8-9-18-19(15-17)26-14-13-25-18/h1-3,5-6,8-9,15H,4,7,10-14H2,(H2,22,23,24). The van der Waals surface area contributed by atoms with Crippen molar-refractivity contribution in [3.05, 3.63) is 59.7 Å². The van der Waals surface area contributed by atoms with E-state index in [2.05, 4.69) is 22.8 Å². The fourth-order valence-electron chi connectivity index (χ4n) is 3.35. The molecule has 4 rings (SSSR count). The number of carbonyl (C=O) groups is 1. The molecule has 2 aromatic carbocycles. The minimum Gasteiger partial charge on any atom is -0.486 e. The summed E-state index contributed by atoms with van der Waals surface area (Å²) in [6, 6.07) is 16.2. The molecule has 26 heavy (non-hydrogen) atoms. The van der Waals surface area contributed by atoms with Crippen LogP contribution >= 0.6 is 0 Å². The van der Waals surface area contributed by atoms with Crippen molar-refractivity contribution in [1.82, 2.24) is 10.6 Å². The number of rotatable bonds is 6. The van der Waals surface area contributed by atoms with E-state index in [1.165, 1.54) is 5.56 Å². The highest BCUT2D eigenvalue weighted by molar-refractivity contribution is 5.75. The zero-order valence-electron chi connectivity index (χ0n) is 14.8. The molecule has 0 atom stereocenters. The summed E-state index contributed by atoms with van der Waals surface area (Å²) in [6.45, 7) is 1.82. The average Bonchev–Trinajstić information content (AvgIpc) is 3.46. The second-order valence-electron chi connectivity index (χ2n) is 6.91. The largest absolute Gasteiger partial charge is 0.486 e. The number of amides is 2. The summed E-state index contributed by atoms with van der Waals surface area (Å²) in [5.41, 5.74) is 2.12. The van der Waals surface area contributed by atoms with Crippen LogP contribution in [-0.4, -0.2) is 25.8 Å². The number of nitrogens with one attached hydrogen (secondary N) is 2. The van der Waals surface area contributed by atoms with Crippen LogP contribution in [0.5, 0.6) is 11.5 Å². The number of benzene rings is 2. The number of urea groups is 1. The maximum atomic E-state index is 12.3. The zero-order chi connectivity index (χ0) is 17.8. The Morgan fingerprint density at radius 1 is 1.00 bits per heavy atom. The molecular formula is C21H24N2O3. The Kier molecular flexibility index (Phi) is 4.69. The quantitative estimate of drug-likeness (QED) is 0.784. The Bertz CT molecular complexity index is 772. The van der Waals surface area contributed by atoms with E-state index in [1.807, 2.05) is 36.4 Å². The molecule has 0 unspecified atom stereocenters. The lowest BCUT2D eigenvalue weighted by atomic mass is 10.0. The first-order valence-electron chi connectivity index (χ1n) is 9.25. The fourth-order valence-corrected chi connectivity index (χ4v) is 3.35. The molecule has 2 amide bonds. The minimum atomic E-state index is -0.265. The van der Waals surface area contributed by atoms with Gasteiger partial charge in [0.15, 0.2) is 11.5 Å². The third-order valence-electron chi connectivity index (χ3n) is 4.97. The highest BCUT2D eigenvalue weighted by Gasteiger charge is 2.46. The molecule has 5 heteroatoms. The first-order chi connectivity index (χ1) is 12.8. The molecule has 0 saturated heterocycles. The molecule has 1 saturated carbocycles. The van der Waals surface area contributed by atoms with Crippen LogP contribution in [0.2, 0.25) is 0 Å². The van der Waals surface area contributed by atoms with E-state index < -0.39 is 0 Å². The molecule has 2 aliphatic rings. The Morgan fingerprint density at radius 2 is 1.77 bits per heavy atom. The van der Waals surface area contributed by atoms with E-state index in [1.54, 1.807) is 0 Å². The third-order valence-corrected chi connectivity index (χ3v) is 4.97. The number of aryl methyl sites for hydroxylation is 1. The van der Waals surface area contributed by atoms with Crippen LogP contribution in [0.15, 0.2) is 48.5 Å². The summed E-state index contributed by atoms with van der Waals surface area (Å²) >= 11 is 0. The van der Waals surface area contributed by atoms with Gasteiger partial charge in [0.1, 0.15) is 13.2 Å². The van der Waals surface area contributed by atoms with Crippen LogP contribution in [0.3, 0.4) is 0 Å². The van der Waals surface area contributed by atoms with Crippen LogP contribution in [0.4, 0.5) is 4.79 Å². The maximum Gasteiger partial charge on any atom is 0.315 e. The van der Waals surface area contributed by atoms with Crippen LogP contribution in [-0.2, 0) is 12.0 Å². The van der Waals surface area contributed by atoms with Crippen LogP contribution < -0.4 is 20.1 Å². The Balaban J connectivity index is 1.28.